The number of likely N-dealkylation sites (tertiary alicyclic amines) is 2. The number of aliphatic imine (C=N–C) groups is 1. The Balaban J connectivity index is 0.00000364. The van der Waals surface area contributed by atoms with E-state index in [-0.39, 0.29) is 35.9 Å². The second kappa shape index (κ2) is 12.8. The van der Waals surface area contributed by atoms with Gasteiger partial charge in [-0.05, 0) is 58.0 Å². The lowest BCUT2D eigenvalue weighted by Gasteiger charge is -2.34. The molecule has 7 heteroatoms. The molecule has 1 unspecified atom stereocenters. The third kappa shape index (κ3) is 7.75. The fourth-order valence-electron chi connectivity index (χ4n) is 4.10. The van der Waals surface area contributed by atoms with E-state index in [0.717, 1.165) is 45.0 Å². The summed E-state index contributed by atoms with van der Waals surface area (Å²) < 4.78 is 4.90. The van der Waals surface area contributed by atoms with Gasteiger partial charge < -0.3 is 15.0 Å². The smallest absolute Gasteiger partial charge is 0.308 e. The summed E-state index contributed by atoms with van der Waals surface area (Å²) in [6.45, 7) is 12.6. The molecule has 0 aromatic carbocycles. The Kier molecular flexibility index (Phi) is 11.6. The molecule has 0 aromatic rings. The molecule has 2 aliphatic rings. The predicted octanol–water partition coefficient (Wildman–Crippen LogP) is 2.97. The van der Waals surface area contributed by atoms with Crippen LogP contribution in [0, 0.1) is 11.8 Å². The molecule has 1 atom stereocenters. The maximum atomic E-state index is 11.7. The van der Waals surface area contributed by atoms with Gasteiger partial charge in [0.05, 0.1) is 19.6 Å². The number of guanidine groups is 1. The van der Waals surface area contributed by atoms with Crippen molar-refractivity contribution in [3.05, 3.63) is 0 Å². The van der Waals surface area contributed by atoms with Gasteiger partial charge in [-0.1, -0.05) is 13.8 Å². The average molecular weight is 494 g/mol. The van der Waals surface area contributed by atoms with E-state index in [1.807, 2.05) is 0 Å². The number of methoxy groups -OCH3 is 1. The summed E-state index contributed by atoms with van der Waals surface area (Å²) >= 11 is 0. The number of halogens is 1. The molecule has 0 radical (unpaired) electrons. The Morgan fingerprint density at radius 3 is 2.33 bits per heavy atom. The van der Waals surface area contributed by atoms with Gasteiger partial charge in [0.1, 0.15) is 0 Å². The van der Waals surface area contributed by atoms with Gasteiger partial charge in [0.15, 0.2) is 5.96 Å². The van der Waals surface area contributed by atoms with Crippen LogP contribution in [0.2, 0.25) is 0 Å². The number of nitrogens with one attached hydrogen (secondary N) is 1. The zero-order chi connectivity index (χ0) is 18.9. The second-order valence-corrected chi connectivity index (χ2v) is 8.01. The van der Waals surface area contributed by atoms with Crippen LogP contribution in [0.4, 0.5) is 0 Å². The van der Waals surface area contributed by atoms with Crippen molar-refractivity contribution in [2.45, 2.75) is 58.9 Å². The van der Waals surface area contributed by atoms with Crippen molar-refractivity contribution in [1.29, 1.82) is 0 Å². The zero-order valence-corrected chi connectivity index (χ0v) is 19.9. The number of ether oxygens (including phenoxy) is 1. The minimum Gasteiger partial charge on any atom is -0.469 e. The van der Waals surface area contributed by atoms with E-state index >= 15 is 0 Å². The number of carbonyl (C=O) groups excluding carboxylic acids is 1. The molecular formula is C20H39IN4O2. The molecule has 0 bridgehead atoms. The van der Waals surface area contributed by atoms with E-state index in [1.165, 1.54) is 39.5 Å². The van der Waals surface area contributed by atoms with Crippen LogP contribution in [-0.4, -0.2) is 74.1 Å². The van der Waals surface area contributed by atoms with Gasteiger partial charge in [-0.25, -0.2) is 0 Å². The normalized spacial score (nSPS) is 20.5. The molecule has 0 saturated carbocycles. The second-order valence-electron chi connectivity index (χ2n) is 8.01. The lowest BCUT2D eigenvalue weighted by atomic mass is 9.97. The molecule has 6 nitrogen and oxygen atoms in total. The number of carbonyl (C=O) groups is 1. The maximum absolute atomic E-state index is 11.7. The van der Waals surface area contributed by atoms with Crippen molar-refractivity contribution < 1.29 is 9.53 Å². The highest BCUT2D eigenvalue weighted by Gasteiger charge is 2.28. The van der Waals surface area contributed by atoms with Crippen molar-refractivity contribution >= 4 is 35.9 Å². The molecule has 0 spiro atoms. The third-order valence-corrected chi connectivity index (χ3v) is 5.52. The lowest BCUT2D eigenvalue weighted by molar-refractivity contribution is -0.146. The molecular weight excluding hydrogens is 455 g/mol. The monoisotopic (exact) mass is 494 g/mol. The summed E-state index contributed by atoms with van der Waals surface area (Å²) in [6, 6.07) is 0.541. The summed E-state index contributed by atoms with van der Waals surface area (Å²) in [5.74, 6) is 1.66. The molecule has 0 aromatic heterocycles. The van der Waals surface area contributed by atoms with Crippen LogP contribution in [0.3, 0.4) is 0 Å². The summed E-state index contributed by atoms with van der Waals surface area (Å²) in [5.41, 5.74) is 0. The van der Waals surface area contributed by atoms with E-state index in [4.69, 9.17) is 9.73 Å². The van der Waals surface area contributed by atoms with Crippen molar-refractivity contribution in [3.8, 4) is 0 Å². The van der Waals surface area contributed by atoms with E-state index < -0.39 is 0 Å². The predicted molar refractivity (Wildman–Crippen MR) is 122 cm³/mol. The van der Waals surface area contributed by atoms with Crippen LogP contribution in [0.5, 0.6) is 0 Å². The van der Waals surface area contributed by atoms with Gasteiger partial charge in [-0.2, -0.15) is 0 Å². The summed E-state index contributed by atoms with van der Waals surface area (Å²) in [6.07, 6.45) is 5.53. The number of hydrogen-bond donors (Lipinski definition) is 1. The molecule has 2 fully saturated rings. The highest BCUT2D eigenvalue weighted by molar-refractivity contribution is 14.0. The van der Waals surface area contributed by atoms with Crippen LogP contribution < -0.4 is 5.32 Å². The number of nitrogens with zero attached hydrogens (tertiary/aromatic N) is 3. The highest BCUT2D eigenvalue weighted by atomic mass is 127. The quantitative estimate of drug-likeness (QED) is 0.255. The summed E-state index contributed by atoms with van der Waals surface area (Å²) in [5, 5.41) is 3.45. The molecule has 2 aliphatic heterocycles. The first-order valence-electron chi connectivity index (χ1n) is 10.4. The minimum absolute atomic E-state index is 0. The largest absolute Gasteiger partial charge is 0.469 e. The summed E-state index contributed by atoms with van der Waals surface area (Å²) in [7, 11) is 1.48. The van der Waals surface area contributed by atoms with Crippen LogP contribution in [0.25, 0.3) is 0 Å². The number of piperidine rings is 1. The zero-order valence-electron chi connectivity index (χ0n) is 17.6. The fourth-order valence-corrected chi connectivity index (χ4v) is 4.10. The van der Waals surface area contributed by atoms with Gasteiger partial charge in [-0.3, -0.25) is 14.7 Å². The Bertz CT molecular complexity index is 459. The number of esters is 1. The molecule has 27 heavy (non-hydrogen) atoms. The Labute approximate surface area is 182 Å². The van der Waals surface area contributed by atoms with E-state index in [2.05, 4.69) is 35.9 Å². The van der Waals surface area contributed by atoms with Crippen molar-refractivity contribution in [2.75, 3.05) is 46.4 Å². The molecule has 0 aliphatic carbocycles. The minimum atomic E-state index is -0.0716. The van der Waals surface area contributed by atoms with Gasteiger partial charge in [-0.15, -0.1) is 24.0 Å². The van der Waals surface area contributed by atoms with Crippen LogP contribution in [-0.2, 0) is 9.53 Å². The van der Waals surface area contributed by atoms with Gasteiger partial charge in [0, 0.05) is 25.7 Å². The van der Waals surface area contributed by atoms with Gasteiger partial charge >= 0.3 is 5.97 Å². The first-order chi connectivity index (χ1) is 12.5. The number of rotatable bonds is 7. The Morgan fingerprint density at radius 1 is 1.19 bits per heavy atom. The average Bonchev–Trinajstić information content (AvgIpc) is 3.18. The van der Waals surface area contributed by atoms with Crippen molar-refractivity contribution in [3.63, 3.8) is 0 Å². The Morgan fingerprint density at radius 2 is 1.81 bits per heavy atom. The molecule has 1 N–H and O–H groups in total. The Hall–Kier alpha value is -0.570. The first-order valence-corrected chi connectivity index (χ1v) is 10.4. The van der Waals surface area contributed by atoms with E-state index in [9.17, 15) is 4.79 Å². The van der Waals surface area contributed by atoms with Crippen molar-refractivity contribution in [2.24, 2.45) is 16.8 Å². The molecule has 2 rings (SSSR count). The molecule has 2 saturated heterocycles. The van der Waals surface area contributed by atoms with Crippen molar-refractivity contribution in [1.82, 2.24) is 15.1 Å². The van der Waals surface area contributed by atoms with Crippen LogP contribution >= 0.6 is 24.0 Å². The van der Waals surface area contributed by atoms with Crippen LogP contribution in [0.15, 0.2) is 4.99 Å². The summed E-state index contributed by atoms with van der Waals surface area (Å²) in [4.78, 5) is 21.7. The van der Waals surface area contributed by atoms with E-state index in [0.29, 0.717) is 12.0 Å². The SMILES string of the molecule is CCNC(=NCC(CC(C)C)N1CCCC1)N1CCC(C(=O)OC)CC1.I. The molecule has 2 heterocycles. The third-order valence-electron chi connectivity index (χ3n) is 5.52. The van der Waals surface area contributed by atoms with Gasteiger partial charge in [0.2, 0.25) is 0 Å². The first kappa shape index (κ1) is 24.5. The molecule has 158 valence electrons. The molecule has 0 amide bonds. The van der Waals surface area contributed by atoms with Crippen LogP contribution in [0.1, 0.15) is 52.9 Å². The topological polar surface area (TPSA) is 57.2 Å². The van der Waals surface area contributed by atoms with E-state index in [1.54, 1.807) is 0 Å². The van der Waals surface area contributed by atoms with Gasteiger partial charge in [0.25, 0.3) is 0 Å². The maximum Gasteiger partial charge on any atom is 0.308 e. The highest BCUT2D eigenvalue weighted by Crippen LogP contribution is 2.20. The standard InChI is InChI=1S/C20H38N4O2.HI/c1-5-21-20(24-12-8-17(9-13-24)19(25)26-4)22-15-18(14-16(2)3)23-10-6-7-11-23;/h16-18H,5-15H2,1-4H3,(H,21,22);1H. The lowest BCUT2D eigenvalue weighted by Crippen LogP contribution is -2.47. The number of hydrogen-bond acceptors (Lipinski definition) is 4. The fraction of sp³-hybridized carbons (Fsp3) is 0.900.